The third-order valence-electron chi connectivity index (χ3n) is 2.93. The first-order valence-corrected chi connectivity index (χ1v) is 7.13. The van der Waals surface area contributed by atoms with Crippen molar-refractivity contribution in [1.29, 1.82) is 0 Å². The first-order valence-electron chi connectivity index (χ1n) is 7.13. The molecule has 0 saturated carbocycles. The third-order valence-corrected chi connectivity index (χ3v) is 2.93. The highest BCUT2D eigenvalue weighted by molar-refractivity contribution is 5.36. The van der Waals surface area contributed by atoms with Gasteiger partial charge in [-0.1, -0.05) is 32.9 Å². The third kappa shape index (κ3) is 6.63. The highest BCUT2D eigenvalue weighted by Crippen LogP contribution is 2.25. The van der Waals surface area contributed by atoms with Crippen molar-refractivity contribution >= 4 is 0 Å². The molecule has 0 radical (unpaired) electrons. The van der Waals surface area contributed by atoms with Gasteiger partial charge in [-0.3, -0.25) is 0 Å². The molecule has 0 aliphatic rings. The Morgan fingerprint density at radius 1 is 1.05 bits per heavy atom. The zero-order chi connectivity index (χ0) is 14.7. The Bertz CT molecular complexity index is 410. The van der Waals surface area contributed by atoms with Crippen LogP contribution in [0.1, 0.15) is 52.7 Å². The van der Waals surface area contributed by atoms with Crippen molar-refractivity contribution < 1.29 is 5.11 Å². The Hall–Kier alpha value is -1.02. The minimum absolute atomic E-state index is 0.124. The highest BCUT2D eigenvalue weighted by atomic mass is 16.3. The molecule has 0 aliphatic heterocycles. The minimum atomic E-state index is 0.124. The van der Waals surface area contributed by atoms with Crippen LogP contribution in [0, 0.1) is 5.41 Å². The number of hydrogen-bond acceptors (Lipinski definition) is 2. The second-order valence-corrected chi connectivity index (χ2v) is 7.63. The molecule has 0 aromatic heterocycles. The number of phenols is 1. The van der Waals surface area contributed by atoms with E-state index >= 15 is 0 Å². The minimum Gasteiger partial charge on any atom is -0.508 e. The molecule has 0 atom stereocenters. The zero-order valence-electron chi connectivity index (χ0n) is 13.3. The van der Waals surface area contributed by atoms with Crippen LogP contribution in [0.2, 0.25) is 0 Å². The molecule has 19 heavy (non-hydrogen) atoms. The van der Waals surface area contributed by atoms with Gasteiger partial charge < -0.3 is 10.4 Å². The molecular weight excluding hydrogens is 234 g/mol. The molecular formula is C17H29NO. The summed E-state index contributed by atoms with van der Waals surface area (Å²) in [4.78, 5) is 0. The van der Waals surface area contributed by atoms with Crippen LogP contribution in [-0.2, 0) is 12.8 Å². The maximum atomic E-state index is 9.93. The quantitative estimate of drug-likeness (QED) is 0.863. The molecule has 1 rings (SSSR count). The van der Waals surface area contributed by atoms with Gasteiger partial charge in [0.2, 0.25) is 0 Å². The molecule has 2 nitrogen and oxygen atoms in total. The van der Waals surface area contributed by atoms with Gasteiger partial charge in [-0.15, -0.1) is 0 Å². The Kier molecular flexibility index (Phi) is 5.03. The summed E-state index contributed by atoms with van der Waals surface area (Å²) in [6.45, 7) is 14.1. The molecule has 1 aromatic carbocycles. The molecule has 0 bridgehead atoms. The number of nitrogens with one attached hydrogen (secondary N) is 1. The number of aromatic hydroxyl groups is 1. The van der Waals surface area contributed by atoms with Crippen molar-refractivity contribution in [3.05, 3.63) is 29.3 Å². The van der Waals surface area contributed by atoms with E-state index in [0.29, 0.717) is 5.75 Å². The number of hydrogen-bond donors (Lipinski definition) is 2. The molecule has 0 saturated heterocycles. The summed E-state index contributed by atoms with van der Waals surface area (Å²) in [5.41, 5.74) is 2.74. The van der Waals surface area contributed by atoms with Gasteiger partial charge in [-0.25, -0.2) is 0 Å². The largest absolute Gasteiger partial charge is 0.508 e. The monoisotopic (exact) mass is 263 g/mol. The smallest absolute Gasteiger partial charge is 0.118 e. The van der Waals surface area contributed by atoms with E-state index in [2.05, 4.69) is 52.9 Å². The Morgan fingerprint density at radius 2 is 1.68 bits per heavy atom. The molecule has 1 aromatic rings. The second kappa shape index (κ2) is 5.96. The van der Waals surface area contributed by atoms with E-state index in [1.807, 2.05) is 12.1 Å². The Labute approximate surface area is 118 Å². The van der Waals surface area contributed by atoms with E-state index in [0.717, 1.165) is 24.9 Å². The van der Waals surface area contributed by atoms with Gasteiger partial charge >= 0.3 is 0 Å². The average molecular weight is 263 g/mol. The van der Waals surface area contributed by atoms with Crippen molar-refractivity contribution in [2.45, 2.75) is 59.9 Å². The lowest BCUT2D eigenvalue weighted by Gasteiger charge is -2.21. The summed E-state index contributed by atoms with van der Waals surface area (Å²) in [7, 11) is 0. The molecule has 2 N–H and O–H groups in total. The van der Waals surface area contributed by atoms with Gasteiger partial charge in [0.15, 0.2) is 0 Å². The molecule has 108 valence electrons. The van der Waals surface area contributed by atoms with E-state index < -0.39 is 0 Å². The SMILES string of the molecule is CC(C)(C)Cc1ccc(O)c(CCNC(C)(C)C)c1. The molecule has 0 heterocycles. The summed E-state index contributed by atoms with van der Waals surface area (Å²) in [5.74, 6) is 0.411. The molecule has 0 spiro atoms. The number of benzene rings is 1. The van der Waals surface area contributed by atoms with Crippen LogP contribution < -0.4 is 5.32 Å². The highest BCUT2D eigenvalue weighted by Gasteiger charge is 2.13. The van der Waals surface area contributed by atoms with Crippen molar-refractivity contribution in [3.8, 4) is 5.75 Å². The van der Waals surface area contributed by atoms with Crippen LogP contribution in [0.5, 0.6) is 5.75 Å². The van der Waals surface area contributed by atoms with Crippen LogP contribution in [0.25, 0.3) is 0 Å². The predicted octanol–water partition coefficient (Wildman–Crippen LogP) is 3.91. The topological polar surface area (TPSA) is 32.3 Å². The van der Waals surface area contributed by atoms with Gasteiger partial charge in [0.1, 0.15) is 5.75 Å². The van der Waals surface area contributed by atoms with Gasteiger partial charge in [-0.05, 0) is 62.8 Å². The summed E-state index contributed by atoms with van der Waals surface area (Å²) < 4.78 is 0. The maximum absolute atomic E-state index is 9.93. The van der Waals surface area contributed by atoms with E-state index in [1.54, 1.807) is 0 Å². The van der Waals surface area contributed by atoms with Crippen LogP contribution in [0.4, 0.5) is 0 Å². The van der Waals surface area contributed by atoms with Gasteiger partial charge in [0.05, 0.1) is 0 Å². The fourth-order valence-electron chi connectivity index (χ4n) is 2.13. The molecule has 2 heteroatoms. The van der Waals surface area contributed by atoms with Crippen molar-refractivity contribution in [3.63, 3.8) is 0 Å². The number of rotatable bonds is 4. The Morgan fingerprint density at radius 3 is 2.21 bits per heavy atom. The fraction of sp³-hybridized carbons (Fsp3) is 0.647. The lowest BCUT2D eigenvalue weighted by Crippen LogP contribution is -2.37. The van der Waals surface area contributed by atoms with Gasteiger partial charge in [-0.2, -0.15) is 0 Å². The van der Waals surface area contributed by atoms with Crippen LogP contribution in [-0.4, -0.2) is 17.2 Å². The van der Waals surface area contributed by atoms with Crippen LogP contribution in [0.3, 0.4) is 0 Å². The molecule has 0 unspecified atom stereocenters. The lowest BCUT2D eigenvalue weighted by molar-refractivity contribution is 0.409. The van der Waals surface area contributed by atoms with E-state index in [1.165, 1.54) is 5.56 Å². The lowest BCUT2D eigenvalue weighted by atomic mass is 9.87. The average Bonchev–Trinajstić information content (AvgIpc) is 2.18. The first-order chi connectivity index (χ1) is 8.57. The van der Waals surface area contributed by atoms with E-state index in [4.69, 9.17) is 0 Å². The molecule has 0 aliphatic carbocycles. The second-order valence-electron chi connectivity index (χ2n) is 7.63. The van der Waals surface area contributed by atoms with Gasteiger partial charge in [0.25, 0.3) is 0 Å². The molecule has 0 fully saturated rings. The summed E-state index contributed by atoms with van der Waals surface area (Å²) >= 11 is 0. The van der Waals surface area contributed by atoms with Crippen molar-refractivity contribution in [2.24, 2.45) is 5.41 Å². The Balaban J connectivity index is 2.69. The summed E-state index contributed by atoms with van der Waals surface area (Å²) in [6.07, 6.45) is 1.90. The summed E-state index contributed by atoms with van der Waals surface area (Å²) in [5, 5.41) is 13.4. The zero-order valence-corrected chi connectivity index (χ0v) is 13.3. The van der Waals surface area contributed by atoms with Crippen molar-refractivity contribution in [1.82, 2.24) is 5.32 Å². The fourth-order valence-corrected chi connectivity index (χ4v) is 2.13. The van der Waals surface area contributed by atoms with Crippen LogP contribution in [0.15, 0.2) is 18.2 Å². The predicted molar refractivity (Wildman–Crippen MR) is 82.7 cm³/mol. The standard InChI is InChI=1S/C17H29NO/c1-16(2,3)12-13-7-8-15(19)14(11-13)9-10-18-17(4,5)6/h7-8,11,18-19H,9-10,12H2,1-6H3. The first kappa shape index (κ1) is 16.0. The van der Waals surface area contributed by atoms with Crippen molar-refractivity contribution in [2.75, 3.05) is 6.54 Å². The van der Waals surface area contributed by atoms with Gasteiger partial charge in [0, 0.05) is 5.54 Å². The maximum Gasteiger partial charge on any atom is 0.118 e. The van der Waals surface area contributed by atoms with E-state index in [9.17, 15) is 5.11 Å². The van der Waals surface area contributed by atoms with E-state index in [-0.39, 0.29) is 11.0 Å². The molecule has 0 amide bonds. The normalized spacial score (nSPS) is 12.7. The van der Waals surface area contributed by atoms with Crippen LogP contribution >= 0.6 is 0 Å². The number of phenolic OH excluding ortho intramolecular Hbond substituents is 1. The summed E-state index contributed by atoms with van der Waals surface area (Å²) in [6, 6.07) is 6.00.